The number of halogens is 1. The van der Waals surface area contributed by atoms with E-state index in [1.54, 1.807) is 35.4 Å². The van der Waals surface area contributed by atoms with Gasteiger partial charge in [0.1, 0.15) is 6.04 Å². The third-order valence-corrected chi connectivity index (χ3v) is 6.05. The van der Waals surface area contributed by atoms with Crippen molar-refractivity contribution in [2.75, 3.05) is 4.90 Å². The zero-order valence-corrected chi connectivity index (χ0v) is 15.4. The Labute approximate surface area is 166 Å². The Morgan fingerprint density at radius 1 is 1.00 bits per heavy atom. The minimum Gasteiger partial charge on any atom is -0.368 e. The molecule has 7 heteroatoms. The maximum atomic E-state index is 13.4. The Balaban J connectivity index is 1.66. The summed E-state index contributed by atoms with van der Waals surface area (Å²) in [6.07, 6.45) is 3.65. The van der Waals surface area contributed by atoms with E-state index in [1.807, 2.05) is 30.3 Å². The maximum absolute atomic E-state index is 13.4. The number of imide groups is 1. The Hall–Kier alpha value is -3.12. The number of nitrogens with zero attached hydrogens (tertiary/aromatic N) is 2. The van der Waals surface area contributed by atoms with Crippen LogP contribution in [-0.4, -0.2) is 28.7 Å². The number of rotatable bonds is 2. The summed E-state index contributed by atoms with van der Waals surface area (Å²) in [4.78, 5) is 41.9. The molecule has 3 heterocycles. The quantitative estimate of drug-likeness (QED) is 0.794. The van der Waals surface area contributed by atoms with Crippen molar-refractivity contribution >= 4 is 41.1 Å². The Morgan fingerprint density at radius 3 is 2.50 bits per heavy atom. The van der Waals surface area contributed by atoms with Gasteiger partial charge in [-0.3, -0.25) is 14.4 Å². The van der Waals surface area contributed by atoms with Crippen LogP contribution in [0.5, 0.6) is 0 Å². The first kappa shape index (κ1) is 17.0. The lowest BCUT2D eigenvalue weighted by Gasteiger charge is -2.34. The molecular formula is C21H16ClN3O3. The van der Waals surface area contributed by atoms with Gasteiger partial charge in [0, 0.05) is 11.2 Å². The molecule has 3 amide bonds. The van der Waals surface area contributed by atoms with Crippen LogP contribution in [0.1, 0.15) is 17.2 Å². The lowest BCUT2D eigenvalue weighted by atomic mass is 9.84. The number of hydrogen-bond acceptors (Lipinski definition) is 4. The molecule has 0 aromatic heterocycles. The lowest BCUT2D eigenvalue weighted by Crippen LogP contribution is -2.46. The molecule has 0 spiro atoms. The molecule has 5 rings (SSSR count). The first-order valence-electron chi connectivity index (χ1n) is 8.96. The van der Waals surface area contributed by atoms with Crippen LogP contribution < -0.4 is 10.6 Å². The van der Waals surface area contributed by atoms with Crippen molar-refractivity contribution in [1.82, 2.24) is 4.90 Å². The van der Waals surface area contributed by atoms with E-state index < -0.39 is 35.7 Å². The summed E-state index contributed by atoms with van der Waals surface area (Å²) in [6.45, 7) is 0. The minimum atomic E-state index is -0.875. The van der Waals surface area contributed by atoms with Gasteiger partial charge in [0.2, 0.25) is 17.7 Å². The van der Waals surface area contributed by atoms with E-state index >= 15 is 0 Å². The van der Waals surface area contributed by atoms with E-state index in [2.05, 4.69) is 0 Å². The highest BCUT2D eigenvalue weighted by molar-refractivity contribution is 6.31. The van der Waals surface area contributed by atoms with Gasteiger partial charge >= 0.3 is 0 Å². The molecule has 0 saturated carbocycles. The van der Waals surface area contributed by atoms with Gasteiger partial charge in [-0.25, -0.2) is 4.90 Å². The number of carbonyl (C=O) groups excluding carboxylic acids is 3. The second kappa shape index (κ2) is 5.94. The predicted octanol–water partition coefficient (Wildman–Crippen LogP) is 2.34. The molecule has 3 aliphatic heterocycles. The predicted molar refractivity (Wildman–Crippen MR) is 104 cm³/mol. The van der Waals surface area contributed by atoms with Gasteiger partial charge in [0.15, 0.2) is 0 Å². The minimum absolute atomic E-state index is 0.332. The first-order chi connectivity index (χ1) is 13.5. The standard InChI is InChI=1S/C21H16ClN3O3/c22-12-5-3-6-13(10-12)25-20(27)15-16(21(25)28)18(19(23)26)24-9-8-11-4-1-2-7-14(11)17(15)24/h1-10,15-18H,(H2,23,26)/t15-,16+,17+,18+/m0/s1. The van der Waals surface area contributed by atoms with Crippen LogP contribution in [0, 0.1) is 11.8 Å². The fourth-order valence-electron chi connectivity index (χ4n) is 4.75. The third kappa shape index (κ3) is 2.18. The fourth-order valence-corrected chi connectivity index (χ4v) is 4.94. The van der Waals surface area contributed by atoms with E-state index in [-0.39, 0.29) is 5.91 Å². The molecule has 2 aromatic carbocycles. The summed E-state index contributed by atoms with van der Waals surface area (Å²) in [6, 6.07) is 13.0. The largest absolute Gasteiger partial charge is 0.368 e. The van der Waals surface area contributed by atoms with Crippen LogP contribution in [-0.2, 0) is 14.4 Å². The first-order valence-corrected chi connectivity index (χ1v) is 9.34. The number of carbonyl (C=O) groups is 3. The smallest absolute Gasteiger partial charge is 0.240 e. The molecule has 0 bridgehead atoms. The Bertz CT molecular complexity index is 1070. The molecule has 0 radical (unpaired) electrons. The van der Waals surface area contributed by atoms with Gasteiger partial charge in [0.05, 0.1) is 23.6 Å². The zero-order chi connectivity index (χ0) is 19.6. The van der Waals surface area contributed by atoms with Gasteiger partial charge in [-0.2, -0.15) is 0 Å². The van der Waals surface area contributed by atoms with Crippen LogP contribution in [0.3, 0.4) is 0 Å². The van der Waals surface area contributed by atoms with Crippen LogP contribution in [0.2, 0.25) is 5.02 Å². The highest BCUT2D eigenvalue weighted by Crippen LogP contribution is 2.53. The van der Waals surface area contributed by atoms with E-state index in [4.69, 9.17) is 17.3 Å². The Kier molecular flexibility index (Phi) is 3.61. The summed E-state index contributed by atoms with van der Waals surface area (Å²) in [5, 5.41) is 0.425. The number of nitrogens with two attached hydrogens (primary N) is 1. The third-order valence-electron chi connectivity index (χ3n) is 5.82. The molecular weight excluding hydrogens is 378 g/mol. The number of anilines is 1. The Morgan fingerprint density at radius 2 is 1.75 bits per heavy atom. The van der Waals surface area contributed by atoms with Gasteiger partial charge in [-0.15, -0.1) is 0 Å². The van der Waals surface area contributed by atoms with Crippen LogP contribution in [0.25, 0.3) is 6.08 Å². The molecule has 0 aliphatic carbocycles. The molecule has 2 aromatic rings. The van der Waals surface area contributed by atoms with Gasteiger partial charge < -0.3 is 10.6 Å². The van der Waals surface area contributed by atoms with Crippen LogP contribution in [0.15, 0.2) is 54.7 Å². The van der Waals surface area contributed by atoms with Crippen molar-refractivity contribution in [2.24, 2.45) is 17.6 Å². The van der Waals surface area contributed by atoms with E-state index in [0.29, 0.717) is 10.7 Å². The second-order valence-corrected chi connectivity index (χ2v) is 7.66. The second-order valence-electron chi connectivity index (χ2n) is 7.23. The monoisotopic (exact) mass is 393 g/mol. The number of primary amides is 1. The molecule has 6 nitrogen and oxygen atoms in total. The molecule has 140 valence electrons. The van der Waals surface area contributed by atoms with Crippen molar-refractivity contribution in [3.8, 4) is 0 Å². The molecule has 3 aliphatic rings. The average Bonchev–Trinajstić information content (AvgIpc) is 3.15. The topological polar surface area (TPSA) is 83.7 Å². The molecule has 4 atom stereocenters. The van der Waals surface area contributed by atoms with Gasteiger partial charge in [0.25, 0.3) is 0 Å². The summed E-state index contributed by atoms with van der Waals surface area (Å²) in [5.74, 6) is -2.88. The number of fused-ring (bicyclic) bond motifs is 5. The van der Waals surface area contributed by atoms with Crippen molar-refractivity contribution in [3.63, 3.8) is 0 Å². The molecule has 2 saturated heterocycles. The molecule has 2 N–H and O–H groups in total. The SMILES string of the molecule is NC(=O)[C@H]1[C@@H]2C(=O)N(c3cccc(Cl)c3)C(=O)[C@@H]2[C@H]2c3ccccc3C=CN21. The van der Waals surface area contributed by atoms with Crippen molar-refractivity contribution < 1.29 is 14.4 Å². The van der Waals surface area contributed by atoms with Gasteiger partial charge in [-0.05, 0) is 35.4 Å². The summed E-state index contributed by atoms with van der Waals surface area (Å²) >= 11 is 6.06. The zero-order valence-electron chi connectivity index (χ0n) is 14.7. The number of hydrogen-bond donors (Lipinski definition) is 1. The van der Waals surface area contributed by atoms with Crippen LogP contribution in [0.4, 0.5) is 5.69 Å². The van der Waals surface area contributed by atoms with E-state index in [1.165, 1.54) is 0 Å². The van der Waals surface area contributed by atoms with E-state index in [9.17, 15) is 14.4 Å². The fraction of sp³-hybridized carbons (Fsp3) is 0.190. The molecule has 2 fully saturated rings. The summed E-state index contributed by atoms with van der Waals surface area (Å²) < 4.78 is 0. The highest BCUT2D eigenvalue weighted by atomic mass is 35.5. The lowest BCUT2D eigenvalue weighted by molar-refractivity contribution is -0.129. The maximum Gasteiger partial charge on any atom is 0.240 e. The summed E-state index contributed by atoms with van der Waals surface area (Å²) in [7, 11) is 0. The molecule has 0 unspecified atom stereocenters. The summed E-state index contributed by atoms with van der Waals surface area (Å²) in [5.41, 5.74) is 7.97. The van der Waals surface area contributed by atoms with Crippen molar-refractivity contribution in [2.45, 2.75) is 12.1 Å². The van der Waals surface area contributed by atoms with Crippen LogP contribution >= 0.6 is 11.6 Å². The normalized spacial score (nSPS) is 27.6. The van der Waals surface area contributed by atoms with Gasteiger partial charge in [-0.1, -0.05) is 41.9 Å². The number of benzene rings is 2. The van der Waals surface area contributed by atoms with Crippen molar-refractivity contribution in [3.05, 3.63) is 70.9 Å². The average molecular weight is 394 g/mol. The highest BCUT2D eigenvalue weighted by Gasteiger charge is 2.64. The van der Waals surface area contributed by atoms with Crippen molar-refractivity contribution in [1.29, 1.82) is 0 Å². The number of amides is 3. The molecule has 28 heavy (non-hydrogen) atoms. The van der Waals surface area contributed by atoms with E-state index in [0.717, 1.165) is 16.0 Å².